The second-order valence-corrected chi connectivity index (χ2v) is 10.0. The quantitative estimate of drug-likeness (QED) is 0.250. The molecule has 7 heteroatoms. The van der Waals surface area contributed by atoms with E-state index in [0.717, 1.165) is 30.1 Å². The minimum Gasteiger partial charge on any atom is -0.494 e. The lowest BCUT2D eigenvalue weighted by Crippen LogP contribution is -2.48. The lowest BCUT2D eigenvalue weighted by molar-refractivity contribution is 0.0741. The van der Waals surface area contributed by atoms with Crippen molar-refractivity contribution in [2.45, 2.75) is 13.8 Å². The van der Waals surface area contributed by atoms with Gasteiger partial charge in [-0.05, 0) is 78.7 Å². The van der Waals surface area contributed by atoms with Crippen LogP contribution in [0.1, 0.15) is 23.0 Å². The molecule has 6 nitrogen and oxygen atoms in total. The van der Waals surface area contributed by atoms with Gasteiger partial charge >= 0.3 is 0 Å². The maximum Gasteiger partial charge on any atom is 0.274 e. The van der Waals surface area contributed by atoms with E-state index in [4.69, 9.17) is 9.72 Å². The van der Waals surface area contributed by atoms with Crippen LogP contribution in [0.25, 0.3) is 27.8 Å². The highest BCUT2D eigenvalue weighted by molar-refractivity contribution is 5.93. The number of aryl methyl sites for hydroxylation is 1. The van der Waals surface area contributed by atoms with Crippen LogP contribution < -0.4 is 9.64 Å². The van der Waals surface area contributed by atoms with E-state index in [0.29, 0.717) is 31.2 Å². The van der Waals surface area contributed by atoms with Crippen LogP contribution in [0, 0.1) is 12.7 Å². The number of amides is 1. The molecule has 0 unspecified atom stereocenters. The first-order chi connectivity index (χ1) is 19.5. The van der Waals surface area contributed by atoms with E-state index >= 15 is 0 Å². The molecular formula is C33H31FN4O2. The van der Waals surface area contributed by atoms with Crippen LogP contribution >= 0.6 is 0 Å². The Kier molecular flexibility index (Phi) is 6.95. The molecule has 2 heterocycles. The highest BCUT2D eigenvalue weighted by atomic mass is 19.1. The summed E-state index contributed by atoms with van der Waals surface area (Å²) in [6.07, 6.45) is 1.77. The molecule has 1 aromatic heterocycles. The largest absolute Gasteiger partial charge is 0.494 e. The molecule has 40 heavy (non-hydrogen) atoms. The third-order valence-electron chi connectivity index (χ3n) is 7.42. The van der Waals surface area contributed by atoms with Crippen LogP contribution in [0.3, 0.4) is 0 Å². The first-order valence-electron chi connectivity index (χ1n) is 13.6. The summed E-state index contributed by atoms with van der Waals surface area (Å²) in [5.74, 6) is 0.863. The minimum absolute atomic E-state index is 0.114. The fourth-order valence-electron chi connectivity index (χ4n) is 5.37. The third kappa shape index (κ3) is 5.02. The van der Waals surface area contributed by atoms with Gasteiger partial charge in [-0.3, -0.25) is 9.36 Å². The van der Waals surface area contributed by atoms with Crippen molar-refractivity contribution in [3.05, 3.63) is 108 Å². The van der Waals surface area contributed by atoms with Crippen LogP contribution in [-0.4, -0.2) is 53.1 Å². The number of fused-ring (bicyclic) bond motifs is 1. The summed E-state index contributed by atoms with van der Waals surface area (Å²) in [5, 5.41) is 2.49. The van der Waals surface area contributed by atoms with Crippen molar-refractivity contribution in [1.82, 2.24) is 14.5 Å². The Hall–Kier alpha value is -4.65. The summed E-state index contributed by atoms with van der Waals surface area (Å²) in [4.78, 5) is 22.6. The number of halogens is 1. The highest BCUT2D eigenvalue weighted by Gasteiger charge is 2.26. The van der Waals surface area contributed by atoms with Gasteiger partial charge < -0.3 is 14.5 Å². The Bertz CT molecular complexity index is 1670. The molecule has 1 aliphatic heterocycles. The van der Waals surface area contributed by atoms with Crippen LogP contribution in [0.2, 0.25) is 0 Å². The van der Waals surface area contributed by atoms with Gasteiger partial charge in [0.2, 0.25) is 0 Å². The molecule has 0 aliphatic carbocycles. The van der Waals surface area contributed by atoms with Gasteiger partial charge in [-0.15, -0.1) is 0 Å². The number of piperazine rings is 1. The van der Waals surface area contributed by atoms with E-state index in [-0.39, 0.29) is 11.7 Å². The molecule has 0 atom stereocenters. The van der Waals surface area contributed by atoms with E-state index in [9.17, 15) is 9.18 Å². The topological polar surface area (TPSA) is 50.6 Å². The van der Waals surface area contributed by atoms with Crippen molar-refractivity contribution in [3.8, 4) is 22.8 Å². The molecule has 5 aromatic rings. The number of rotatable bonds is 6. The number of ether oxygens (including phenoxy) is 1. The Morgan fingerprint density at radius 3 is 2.45 bits per heavy atom. The molecule has 4 aromatic carbocycles. The second kappa shape index (κ2) is 10.8. The summed E-state index contributed by atoms with van der Waals surface area (Å²) in [5.41, 5.74) is 4.32. The summed E-state index contributed by atoms with van der Waals surface area (Å²) < 4.78 is 21.2. The van der Waals surface area contributed by atoms with E-state index in [1.807, 2.05) is 40.7 Å². The van der Waals surface area contributed by atoms with Crippen molar-refractivity contribution in [1.29, 1.82) is 0 Å². The van der Waals surface area contributed by atoms with Gasteiger partial charge in [0.25, 0.3) is 5.91 Å². The predicted molar refractivity (Wildman–Crippen MR) is 157 cm³/mol. The smallest absolute Gasteiger partial charge is 0.274 e. The second-order valence-electron chi connectivity index (χ2n) is 10.0. The van der Waals surface area contributed by atoms with Gasteiger partial charge in [0.15, 0.2) is 0 Å². The van der Waals surface area contributed by atoms with Crippen molar-refractivity contribution in [2.75, 3.05) is 37.7 Å². The number of aromatic nitrogens is 2. The fraction of sp³-hybridized carbons (Fsp3) is 0.212. The van der Waals surface area contributed by atoms with Gasteiger partial charge in [0.1, 0.15) is 23.1 Å². The SMILES string of the molecule is CCOc1cccc(-n2cc(C(=O)N3CCN(c4cc(C)c5ccccc5c4)CC3)nc2-c2ccc(F)cc2)c1. The minimum atomic E-state index is -0.323. The molecular weight excluding hydrogens is 503 g/mol. The first-order valence-corrected chi connectivity index (χ1v) is 13.6. The fourth-order valence-corrected chi connectivity index (χ4v) is 5.37. The number of anilines is 1. The molecule has 0 radical (unpaired) electrons. The van der Waals surface area contributed by atoms with E-state index in [1.165, 1.54) is 34.2 Å². The highest BCUT2D eigenvalue weighted by Crippen LogP contribution is 2.28. The molecule has 0 N–H and O–H groups in total. The lowest BCUT2D eigenvalue weighted by atomic mass is 10.0. The summed E-state index contributed by atoms with van der Waals surface area (Å²) in [7, 11) is 0. The molecule has 0 spiro atoms. The average molecular weight is 535 g/mol. The molecule has 1 fully saturated rings. The number of hydrogen-bond acceptors (Lipinski definition) is 4. The van der Waals surface area contributed by atoms with Crippen molar-refractivity contribution in [3.63, 3.8) is 0 Å². The molecule has 1 saturated heterocycles. The van der Waals surface area contributed by atoms with Gasteiger partial charge in [0.05, 0.1) is 12.3 Å². The monoisotopic (exact) mass is 534 g/mol. The number of nitrogens with zero attached hydrogens (tertiary/aromatic N) is 4. The molecule has 1 aliphatic rings. The Labute approximate surface area is 233 Å². The average Bonchev–Trinajstić information content (AvgIpc) is 3.43. The Morgan fingerprint density at radius 1 is 0.900 bits per heavy atom. The van der Waals surface area contributed by atoms with Crippen LogP contribution in [0.5, 0.6) is 5.75 Å². The summed E-state index contributed by atoms with van der Waals surface area (Å²) in [6, 6.07) is 26.7. The number of carbonyl (C=O) groups excluding carboxylic acids is 1. The van der Waals surface area contributed by atoms with Gasteiger partial charge in [0, 0.05) is 49.7 Å². The predicted octanol–water partition coefficient (Wildman–Crippen LogP) is 6.50. The zero-order valence-electron chi connectivity index (χ0n) is 22.7. The number of benzene rings is 4. The van der Waals surface area contributed by atoms with Gasteiger partial charge in [-0.1, -0.05) is 30.3 Å². The van der Waals surface area contributed by atoms with Gasteiger partial charge in [-0.2, -0.15) is 0 Å². The van der Waals surface area contributed by atoms with Crippen molar-refractivity contribution >= 4 is 22.4 Å². The van der Waals surface area contributed by atoms with Crippen molar-refractivity contribution < 1.29 is 13.9 Å². The molecule has 0 bridgehead atoms. The number of imidazole rings is 1. The van der Waals surface area contributed by atoms with Gasteiger partial charge in [-0.25, -0.2) is 9.37 Å². The zero-order valence-corrected chi connectivity index (χ0v) is 22.7. The first kappa shape index (κ1) is 25.6. The molecule has 202 valence electrons. The summed E-state index contributed by atoms with van der Waals surface area (Å²) >= 11 is 0. The molecule has 6 rings (SSSR count). The Balaban J connectivity index is 1.26. The van der Waals surface area contributed by atoms with Crippen molar-refractivity contribution in [2.24, 2.45) is 0 Å². The van der Waals surface area contributed by atoms with Crippen LogP contribution in [0.4, 0.5) is 10.1 Å². The number of carbonyl (C=O) groups is 1. The number of hydrogen-bond donors (Lipinski definition) is 0. The third-order valence-corrected chi connectivity index (χ3v) is 7.42. The maximum atomic E-state index is 13.7. The van der Waals surface area contributed by atoms with Crippen LogP contribution in [0.15, 0.2) is 91.1 Å². The van der Waals surface area contributed by atoms with E-state index in [2.05, 4.69) is 48.2 Å². The normalized spacial score (nSPS) is 13.6. The lowest BCUT2D eigenvalue weighted by Gasteiger charge is -2.36. The summed E-state index contributed by atoms with van der Waals surface area (Å²) in [6.45, 7) is 7.31. The standard InChI is InChI=1S/C33H31FN4O2/c1-3-40-29-9-6-8-27(21-29)38-22-31(35-32(38)24-11-13-26(34)14-12-24)33(39)37-17-15-36(16-18-37)28-19-23(2)30-10-5-4-7-25(30)20-28/h4-14,19-22H,3,15-18H2,1-2H3. The maximum absolute atomic E-state index is 13.7. The molecule has 1 amide bonds. The molecule has 0 saturated carbocycles. The van der Waals surface area contributed by atoms with E-state index < -0.39 is 0 Å². The van der Waals surface area contributed by atoms with Crippen LogP contribution in [-0.2, 0) is 0 Å². The Morgan fingerprint density at radius 2 is 1.68 bits per heavy atom. The zero-order chi connectivity index (χ0) is 27.6. The van der Waals surface area contributed by atoms with E-state index in [1.54, 1.807) is 18.3 Å².